The number of aliphatic hydroxyl groups is 1. The van der Waals surface area contributed by atoms with Gasteiger partial charge in [0.1, 0.15) is 0 Å². The zero-order valence-electron chi connectivity index (χ0n) is 8.80. The minimum atomic E-state index is -0.0333. The summed E-state index contributed by atoms with van der Waals surface area (Å²) in [5, 5.41) is 11.8. The van der Waals surface area contributed by atoms with Gasteiger partial charge < -0.3 is 5.11 Å². The van der Waals surface area contributed by atoms with Crippen LogP contribution in [0.1, 0.15) is 5.69 Å². The molecule has 1 N–H and O–H groups in total. The summed E-state index contributed by atoms with van der Waals surface area (Å²) in [7, 11) is 0. The van der Waals surface area contributed by atoms with Crippen molar-refractivity contribution < 1.29 is 5.11 Å². The second kappa shape index (κ2) is 4.14. The Kier molecular flexibility index (Phi) is 2.63. The predicted octanol–water partition coefficient (Wildman–Crippen LogP) is 3.21. The highest BCUT2D eigenvalue weighted by Gasteiger charge is 2.08. The molecule has 3 aromatic rings. The average Bonchev–Trinajstić information content (AvgIpc) is 2.89. The first-order chi connectivity index (χ1) is 8.28. The number of aromatic nitrogens is 2. The van der Waals surface area contributed by atoms with Crippen LogP contribution in [0.15, 0.2) is 35.8 Å². The van der Waals surface area contributed by atoms with E-state index < -0.39 is 0 Å². The molecule has 0 fully saturated rings. The highest BCUT2D eigenvalue weighted by molar-refractivity contribution is 7.15. The molecule has 86 valence electrons. The number of aliphatic hydroxyl groups excluding tert-OH is 1. The number of benzene rings is 1. The van der Waals surface area contributed by atoms with Gasteiger partial charge in [-0.25, -0.2) is 4.98 Å². The van der Waals surface area contributed by atoms with E-state index in [9.17, 15) is 0 Å². The van der Waals surface area contributed by atoms with Gasteiger partial charge in [0.15, 0.2) is 4.96 Å². The Labute approximate surface area is 107 Å². The third-order valence-electron chi connectivity index (χ3n) is 2.56. The molecule has 0 aliphatic carbocycles. The maximum atomic E-state index is 9.07. The quantitative estimate of drug-likeness (QED) is 0.772. The summed E-state index contributed by atoms with van der Waals surface area (Å²) in [5.41, 5.74) is 2.84. The summed E-state index contributed by atoms with van der Waals surface area (Å²) in [5.74, 6) is 0. The second-order valence-corrected chi connectivity index (χ2v) is 4.94. The second-order valence-electron chi connectivity index (χ2n) is 3.67. The molecule has 3 rings (SSSR count). The molecule has 2 aromatic heterocycles. The lowest BCUT2D eigenvalue weighted by atomic mass is 10.2. The highest BCUT2D eigenvalue weighted by Crippen LogP contribution is 2.27. The minimum absolute atomic E-state index is 0.0333. The number of rotatable bonds is 2. The Morgan fingerprint density at radius 2 is 2.06 bits per heavy atom. The molecule has 0 aliphatic heterocycles. The number of thiazole rings is 1. The van der Waals surface area contributed by atoms with Crippen molar-refractivity contribution in [1.82, 2.24) is 9.38 Å². The normalized spacial score (nSPS) is 11.2. The summed E-state index contributed by atoms with van der Waals surface area (Å²) in [6.45, 7) is -0.0333. The molecule has 0 saturated heterocycles. The molecule has 0 atom stereocenters. The average molecular weight is 265 g/mol. The third kappa shape index (κ3) is 1.84. The van der Waals surface area contributed by atoms with Crippen LogP contribution in [0.3, 0.4) is 0 Å². The van der Waals surface area contributed by atoms with E-state index in [1.165, 1.54) is 0 Å². The van der Waals surface area contributed by atoms with E-state index in [2.05, 4.69) is 4.98 Å². The van der Waals surface area contributed by atoms with Gasteiger partial charge >= 0.3 is 0 Å². The van der Waals surface area contributed by atoms with Crippen molar-refractivity contribution in [3.63, 3.8) is 0 Å². The van der Waals surface area contributed by atoms with Crippen LogP contribution in [0.4, 0.5) is 0 Å². The van der Waals surface area contributed by atoms with Crippen molar-refractivity contribution in [2.45, 2.75) is 6.61 Å². The van der Waals surface area contributed by atoms with Crippen LogP contribution in [-0.4, -0.2) is 14.5 Å². The summed E-state index contributed by atoms with van der Waals surface area (Å²) < 4.78 is 1.99. The van der Waals surface area contributed by atoms with Gasteiger partial charge in [0.25, 0.3) is 0 Å². The Balaban J connectivity index is 2.16. The van der Waals surface area contributed by atoms with Crippen molar-refractivity contribution >= 4 is 27.9 Å². The molecule has 0 spiro atoms. The van der Waals surface area contributed by atoms with Crippen LogP contribution in [0.5, 0.6) is 0 Å². The predicted molar refractivity (Wildman–Crippen MR) is 69.4 cm³/mol. The maximum absolute atomic E-state index is 9.07. The van der Waals surface area contributed by atoms with Crippen molar-refractivity contribution in [3.05, 3.63) is 46.6 Å². The summed E-state index contributed by atoms with van der Waals surface area (Å²) in [6, 6.07) is 7.68. The zero-order chi connectivity index (χ0) is 11.8. The Morgan fingerprint density at radius 1 is 1.29 bits per heavy atom. The molecule has 1 aromatic carbocycles. The Hall–Kier alpha value is -1.36. The van der Waals surface area contributed by atoms with Gasteiger partial charge in [-0.2, -0.15) is 0 Å². The lowest BCUT2D eigenvalue weighted by Crippen LogP contribution is -1.84. The van der Waals surface area contributed by atoms with Gasteiger partial charge in [-0.3, -0.25) is 4.40 Å². The minimum Gasteiger partial charge on any atom is -0.390 e. The fraction of sp³-hybridized carbons (Fsp3) is 0.0833. The van der Waals surface area contributed by atoms with E-state index in [-0.39, 0.29) is 6.61 Å². The number of nitrogens with zero attached hydrogens (tertiary/aromatic N) is 2. The number of hydrogen-bond donors (Lipinski definition) is 1. The maximum Gasteiger partial charge on any atom is 0.194 e. The van der Waals surface area contributed by atoms with Gasteiger partial charge in [0.2, 0.25) is 0 Å². The third-order valence-corrected chi connectivity index (χ3v) is 3.65. The lowest BCUT2D eigenvalue weighted by molar-refractivity contribution is 0.277. The van der Waals surface area contributed by atoms with Crippen molar-refractivity contribution in [2.24, 2.45) is 0 Å². The first-order valence-corrected chi connectivity index (χ1v) is 6.36. The number of imidazole rings is 1. The number of hydrogen-bond acceptors (Lipinski definition) is 3. The van der Waals surface area contributed by atoms with Gasteiger partial charge in [-0.15, -0.1) is 11.3 Å². The van der Waals surface area contributed by atoms with E-state index in [0.29, 0.717) is 5.69 Å². The number of halogens is 1. The van der Waals surface area contributed by atoms with Crippen molar-refractivity contribution in [3.8, 4) is 11.3 Å². The Bertz CT molecular complexity index is 657. The van der Waals surface area contributed by atoms with Crippen LogP contribution < -0.4 is 0 Å². The van der Waals surface area contributed by atoms with Crippen LogP contribution in [-0.2, 0) is 6.61 Å². The first kappa shape index (κ1) is 10.8. The monoisotopic (exact) mass is 264 g/mol. The van der Waals surface area contributed by atoms with Crippen LogP contribution in [0.25, 0.3) is 16.2 Å². The largest absolute Gasteiger partial charge is 0.390 e. The molecular weight excluding hydrogens is 256 g/mol. The van der Waals surface area contributed by atoms with Crippen LogP contribution in [0.2, 0.25) is 5.02 Å². The fourth-order valence-corrected chi connectivity index (χ4v) is 2.76. The first-order valence-electron chi connectivity index (χ1n) is 5.10. The summed E-state index contributed by atoms with van der Waals surface area (Å²) in [6.07, 6.45) is 1.86. The molecule has 0 radical (unpaired) electrons. The SMILES string of the molecule is OCc1cn2c(-c3ccc(Cl)cc3)csc2n1. The fourth-order valence-electron chi connectivity index (χ4n) is 1.73. The molecule has 0 bridgehead atoms. The van der Waals surface area contributed by atoms with E-state index in [1.807, 2.05) is 40.2 Å². The van der Waals surface area contributed by atoms with E-state index in [4.69, 9.17) is 16.7 Å². The molecule has 17 heavy (non-hydrogen) atoms. The van der Waals surface area contributed by atoms with Crippen LogP contribution in [0, 0.1) is 0 Å². The van der Waals surface area contributed by atoms with Crippen molar-refractivity contribution in [1.29, 1.82) is 0 Å². The van der Waals surface area contributed by atoms with E-state index in [1.54, 1.807) is 11.3 Å². The van der Waals surface area contributed by atoms with E-state index in [0.717, 1.165) is 21.2 Å². The number of fused-ring (bicyclic) bond motifs is 1. The van der Waals surface area contributed by atoms with Gasteiger partial charge in [0, 0.05) is 16.6 Å². The molecule has 5 heteroatoms. The smallest absolute Gasteiger partial charge is 0.194 e. The molecule has 0 unspecified atom stereocenters. The standard InChI is InChI=1S/C12H9ClN2OS/c13-9-3-1-8(2-4-9)11-7-17-12-14-10(6-16)5-15(11)12/h1-5,7,16H,6H2. The molecule has 0 saturated carbocycles. The summed E-state index contributed by atoms with van der Waals surface area (Å²) >= 11 is 7.43. The lowest BCUT2D eigenvalue weighted by Gasteiger charge is -1.99. The van der Waals surface area contributed by atoms with Gasteiger partial charge in [-0.1, -0.05) is 23.7 Å². The molecule has 2 heterocycles. The van der Waals surface area contributed by atoms with Crippen LogP contribution >= 0.6 is 22.9 Å². The molecule has 3 nitrogen and oxygen atoms in total. The van der Waals surface area contributed by atoms with Gasteiger partial charge in [-0.05, 0) is 17.7 Å². The summed E-state index contributed by atoms with van der Waals surface area (Å²) in [4.78, 5) is 5.19. The van der Waals surface area contributed by atoms with E-state index >= 15 is 0 Å². The van der Waals surface area contributed by atoms with Crippen molar-refractivity contribution in [2.75, 3.05) is 0 Å². The molecular formula is C12H9ClN2OS. The highest BCUT2D eigenvalue weighted by atomic mass is 35.5. The van der Waals surface area contributed by atoms with Gasteiger partial charge in [0.05, 0.1) is 18.0 Å². The Morgan fingerprint density at radius 3 is 2.76 bits per heavy atom. The topological polar surface area (TPSA) is 37.5 Å². The molecule has 0 amide bonds. The molecule has 0 aliphatic rings. The zero-order valence-corrected chi connectivity index (χ0v) is 10.4.